The fourth-order valence-electron chi connectivity index (χ4n) is 5.03. The molecule has 2 aliphatic rings. The number of carboxylic acid groups (broad SMARTS) is 1. The number of carboxylic acids is 1. The summed E-state index contributed by atoms with van der Waals surface area (Å²) in [5, 5.41) is 14.7. The first-order chi connectivity index (χ1) is 16.9. The Kier molecular flexibility index (Phi) is 7.40. The second-order valence-corrected chi connectivity index (χ2v) is 9.18. The lowest BCUT2D eigenvalue weighted by Crippen LogP contribution is -2.59. The van der Waals surface area contributed by atoms with Crippen LogP contribution in [-0.2, 0) is 19.1 Å². The molecule has 0 saturated carbocycles. The number of hydrogen-bond donors (Lipinski definition) is 3. The van der Waals surface area contributed by atoms with Crippen LogP contribution in [0.4, 0.5) is 4.79 Å². The molecule has 0 radical (unpaired) electrons. The minimum atomic E-state index is -1.13. The molecule has 2 amide bonds. The molecule has 1 aliphatic heterocycles. The van der Waals surface area contributed by atoms with Crippen LogP contribution in [0.5, 0.6) is 0 Å². The summed E-state index contributed by atoms with van der Waals surface area (Å²) >= 11 is 0. The van der Waals surface area contributed by atoms with Gasteiger partial charge in [-0.2, -0.15) is 0 Å². The van der Waals surface area contributed by atoms with Crippen LogP contribution in [0.3, 0.4) is 0 Å². The maximum atomic E-state index is 13.1. The number of hydrogen-bond acceptors (Lipinski definition) is 5. The average Bonchev–Trinajstić information content (AvgIpc) is 3.48. The van der Waals surface area contributed by atoms with E-state index in [4.69, 9.17) is 14.6 Å². The van der Waals surface area contributed by atoms with Gasteiger partial charge < -0.3 is 25.2 Å². The number of ether oxygens (including phenoxy) is 2. The van der Waals surface area contributed by atoms with E-state index >= 15 is 0 Å². The molecule has 35 heavy (non-hydrogen) atoms. The highest BCUT2D eigenvalue weighted by molar-refractivity contribution is 5.90. The van der Waals surface area contributed by atoms with Gasteiger partial charge in [0.15, 0.2) is 0 Å². The fraction of sp³-hybridized carbons (Fsp3) is 0.444. The molecule has 2 atom stereocenters. The Morgan fingerprint density at radius 3 is 2.17 bits per heavy atom. The molecule has 8 heteroatoms. The summed E-state index contributed by atoms with van der Waals surface area (Å²) in [6.07, 6.45) is 0.0985. The van der Waals surface area contributed by atoms with Crippen molar-refractivity contribution >= 4 is 18.0 Å². The molecule has 1 saturated heterocycles. The Hall–Kier alpha value is -3.39. The van der Waals surface area contributed by atoms with E-state index in [-0.39, 0.29) is 37.7 Å². The summed E-state index contributed by atoms with van der Waals surface area (Å²) in [6.45, 7) is 4.16. The van der Waals surface area contributed by atoms with Crippen molar-refractivity contribution in [3.05, 3.63) is 59.7 Å². The first-order valence-electron chi connectivity index (χ1n) is 12.1. The van der Waals surface area contributed by atoms with Crippen LogP contribution in [0.1, 0.15) is 50.2 Å². The molecule has 2 aromatic carbocycles. The van der Waals surface area contributed by atoms with Crippen LogP contribution in [0.15, 0.2) is 48.5 Å². The van der Waals surface area contributed by atoms with Crippen LogP contribution >= 0.6 is 0 Å². The van der Waals surface area contributed by atoms with Crippen molar-refractivity contribution < 1.29 is 29.0 Å². The summed E-state index contributed by atoms with van der Waals surface area (Å²) in [4.78, 5) is 37.0. The standard InChI is InChI=1S/C27H32N2O6/c1-3-27(4-2,25(32)28-14-18-13-17(15-34-18)24(30)31)29-26(33)35-16-23-21-11-7-5-9-19(21)20-10-6-8-12-22(20)23/h5-12,17-18,23H,3-4,13-16H2,1-2H3,(H,28,32)(H,29,33)(H,30,31). The first kappa shape index (κ1) is 24.7. The number of alkyl carbamates (subject to hydrolysis) is 1. The molecule has 4 rings (SSSR count). The van der Waals surface area contributed by atoms with Crippen molar-refractivity contribution in [2.24, 2.45) is 5.92 Å². The lowest BCUT2D eigenvalue weighted by atomic mass is 9.91. The third kappa shape index (κ3) is 5.03. The molecule has 3 N–H and O–H groups in total. The number of aliphatic carboxylic acids is 1. The Bertz CT molecular complexity index is 1050. The third-order valence-corrected chi connectivity index (χ3v) is 7.25. The van der Waals surface area contributed by atoms with Crippen molar-refractivity contribution in [2.75, 3.05) is 19.8 Å². The molecule has 1 heterocycles. The number of fused-ring (bicyclic) bond motifs is 3. The summed E-state index contributed by atoms with van der Waals surface area (Å²) < 4.78 is 11.1. The Balaban J connectivity index is 1.37. The van der Waals surface area contributed by atoms with E-state index in [1.54, 1.807) is 0 Å². The van der Waals surface area contributed by atoms with Gasteiger partial charge in [0.2, 0.25) is 5.91 Å². The van der Waals surface area contributed by atoms with Gasteiger partial charge in [-0.05, 0) is 41.5 Å². The van der Waals surface area contributed by atoms with E-state index in [1.807, 2.05) is 38.1 Å². The number of benzene rings is 2. The van der Waals surface area contributed by atoms with Gasteiger partial charge in [0.1, 0.15) is 12.1 Å². The fourth-order valence-corrected chi connectivity index (χ4v) is 5.03. The van der Waals surface area contributed by atoms with E-state index in [1.165, 1.54) is 0 Å². The van der Waals surface area contributed by atoms with E-state index in [2.05, 4.69) is 34.9 Å². The number of rotatable bonds is 9. The number of nitrogens with one attached hydrogen (secondary N) is 2. The molecule has 0 spiro atoms. The zero-order valence-electron chi connectivity index (χ0n) is 20.1. The molecule has 186 valence electrons. The topological polar surface area (TPSA) is 114 Å². The van der Waals surface area contributed by atoms with Crippen LogP contribution in [0.25, 0.3) is 11.1 Å². The summed E-state index contributed by atoms with van der Waals surface area (Å²) in [5.41, 5.74) is 3.40. The SMILES string of the molecule is CCC(CC)(NC(=O)OCC1c2ccccc2-c2ccccc21)C(=O)NCC1CC(C(=O)O)CO1. The highest BCUT2D eigenvalue weighted by atomic mass is 16.5. The van der Waals surface area contributed by atoms with E-state index in [0.717, 1.165) is 22.3 Å². The van der Waals surface area contributed by atoms with Crippen LogP contribution < -0.4 is 10.6 Å². The first-order valence-corrected chi connectivity index (χ1v) is 12.1. The van der Waals surface area contributed by atoms with Gasteiger partial charge in [0.25, 0.3) is 0 Å². The van der Waals surface area contributed by atoms with Crippen molar-refractivity contribution in [3.8, 4) is 11.1 Å². The van der Waals surface area contributed by atoms with Gasteiger partial charge in [-0.25, -0.2) is 4.79 Å². The highest BCUT2D eigenvalue weighted by Crippen LogP contribution is 2.44. The normalized spacial score (nSPS) is 19.0. The van der Waals surface area contributed by atoms with Crippen molar-refractivity contribution in [1.29, 1.82) is 0 Å². The Morgan fingerprint density at radius 1 is 1.03 bits per heavy atom. The van der Waals surface area contributed by atoms with Gasteiger partial charge >= 0.3 is 12.1 Å². The van der Waals surface area contributed by atoms with E-state index < -0.39 is 23.5 Å². The lowest BCUT2D eigenvalue weighted by Gasteiger charge is -2.31. The van der Waals surface area contributed by atoms with E-state index in [9.17, 15) is 14.4 Å². The molecule has 0 bridgehead atoms. The number of carbonyl (C=O) groups excluding carboxylic acids is 2. The number of amides is 2. The van der Waals surface area contributed by atoms with E-state index in [0.29, 0.717) is 19.3 Å². The Labute approximate surface area is 205 Å². The van der Waals surface area contributed by atoms with Crippen LogP contribution in [0, 0.1) is 5.92 Å². The molecule has 2 aromatic rings. The van der Waals surface area contributed by atoms with Crippen LogP contribution in [-0.4, -0.2) is 54.5 Å². The number of carbonyl (C=O) groups is 3. The zero-order valence-corrected chi connectivity index (χ0v) is 20.1. The molecule has 1 aliphatic carbocycles. The lowest BCUT2D eigenvalue weighted by molar-refractivity contribution is -0.141. The average molecular weight is 481 g/mol. The summed E-state index contributed by atoms with van der Waals surface area (Å²) in [6, 6.07) is 16.2. The molecule has 8 nitrogen and oxygen atoms in total. The van der Waals surface area contributed by atoms with Gasteiger partial charge in [0.05, 0.1) is 18.6 Å². The third-order valence-electron chi connectivity index (χ3n) is 7.25. The molecule has 0 aromatic heterocycles. The molecule has 1 fully saturated rings. The minimum Gasteiger partial charge on any atom is -0.481 e. The predicted octanol–water partition coefficient (Wildman–Crippen LogP) is 3.69. The summed E-state index contributed by atoms with van der Waals surface area (Å²) in [5.74, 6) is -1.86. The van der Waals surface area contributed by atoms with Gasteiger partial charge in [-0.15, -0.1) is 0 Å². The second-order valence-electron chi connectivity index (χ2n) is 9.18. The maximum Gasteiger partial charge on any atom is 0.408 e. The van der Waals surface area contributed by atoms with Gasteiger partial charge in [0, 0.05) is 12.5 Å². The smallest absolute Gasteiger partial charge is 0.408 e. The van der Waals surface area contributed by atoms with Crippen LogP contribution in [0.2, 0.25) is 0 Å². The molecular weight excluding hydrogens is 448 g/mol. The predicted molar refractivity (Wildman–Crippen MR) is 130 cm³/mol. The summed E-state index contributed by atoms with van der Waals surface area (Å²) in [7, 11) is 0. The van der Waals surface area contributed by atoms with Gasteiger partial charge in [-0.3, -0.25) is 9.59 Å². The highest BCUT2D eigenvalue weighted by Gasteiger charge is 2.39. The quantitative estimate of drug-likeness (QED) is 0.504. The zero-order chi connectivity index (χ0) is 25.0. The van der Waals surface area contributed by atoms with Crippen molar-refractivity contribution in [3.63, 3.8) is 0 Å². The van der Waals surface area contributed by atoms with Crippen molar-refractivity contribution in [2.45, 2.75) is 50.7 Å². The van der Waals surface area contributed by atoms with Gasteiger partial charge in [-0.1, -0.05) is 62.4 Å². The minimum absolute atomic E-state index is 0.0682. The molecular formula is C27H32N2O6. The molecule has 2 unspecified atom stereocenters. The maximum absolute atomic E-state index is 13.1. The Morgan fingerprint density at radius 2 is 1.63 bits per heavy atom. The second kappa shape index (κ2) is 10.5. The van der Waals surface area contributed by atoms with Crippen molar-refractivity contribution in [1.82, 2.24) is 10.6 Å². The largest absolute Gasteiger partial charge is 0.481 e. The monoisotopic (exact) mass is 480 g/mol.